The molecular formula is C12H16ClNO2. The lowest BCUT2D eigenvalue weighted by Gasteiger charge is -2.19. The third-order valence-electron chi connectivity index (χ3n) is 3.15. The van der Waals surface area contributed by atoms with Gasteiger partial charge in [-0.1, -0.05) is 30.9 Å². The third-order valence-corrected chi connectivity index (χ3v) is 3.44. The van der Waals surface area contributed by atoms with Gasteiger partial charge in [0.1, 0.15) is 5.76 Å². The summed E-state index contributed by atoms with van der Waals surface area (Å²) in [5, 5.41) is 0.573. The minimum atomic E-state index is -0.191. The highest BCUT2D eigenvalue weighted by Crippen LogP contribution is 2.37. The fourth-order valence-electron chi connectivity index (χ4n) is 2.26. The highest BCUT2D eigenvalue weighted by atomic mass is 35.5. The quantitative estimate of drug-likeness (QED) is 0.828. The summed E-state index contributed by atoms with van der Waals surface area (Å²) < 4.78 is 5.55. The van der Waals surface area contributed by atoms with Crippen molar-refractivity contribution in [1.82, 2.24) is 0 Å². The molecular weight excluding hydrogens is 226 g/mol. The second kappa shape index (κ2) is 5.02. The molecule has 1 saturated carbocycles. The first-order valence-corrected chi connectivity index (χ1v) is 6.12. The third kappa shape index (κ3) is 2.30. The maximum atomic E-state index is 11.4. The zero-order valence-electron chi connectivity index (χ0n) is 9.17. The molecule has 0 atom stereocenters. The first kappa shape index (κ1) is 11.7. The molecule has 3 nitrogen and oxygen atoms in total. The first-order chi connectivity index (χ1) is 7.72. The van der Waals surface area contributed by atoms with Crippen molar-refractivity contribution < 1.29 is 9.21 Å². The molecule has 0 aromatic carbocycles. The van der Waals surface area contributed by atoms with Gasteiger partial charge in [0.15, 0.2) is 5.76 Å². The number of hydrogen-bond donors (Lipinski definition) is 1. The van der Waals surface area contributed by atoms with Gasteiger partial charge in [0.2, 0.25) is 5.78 Å². The summed E-state index contributed by atoms with van der Waals surface area (Å²) in [5.74, 6) is 1.26. The van der Waals surface area contributed by atoms with Crippen LogP contribution in [0.15, 0.2) is 10.5 Å². The van der Waals surface area contributed by atoms with E-state index in [9.17, 15) is 4.79 Å². The molecule has 2 rings (SSSR count). The largest absolute Gasteiger partial charge is 0.456 e. The maximum Gasteiger partial charge on any atom is 0.211 e. The van der Waals surface area contributed by atoms with E-state index in [1.807, 2.05) is 0 Å². The van der Waals surface area contributed by atoms with Crippen molar-refractivity contribution in [2.45, 2.75) is 38.0 Å². The van der Waals surface area contributed by atoms with Crippen molar-refractivity contribution in [3.05, 3.63) is 22.6 Å². The van der Waals surface area contributed by atoms with E-state index in [-0.39, 0.29) is 12.3 Å². The molecule has 2 N–H and O–H groups in total. The fraction of sp³-hybridized carbons (Fsp3) is 0.583. The second-order valence-electron chi connectivity index (χ2n) is 4.29. The topological polar surface area (TPSA) is 56.2 Å². The summed E-state index contributed by atoms with van der Waals surface area (Å²) in [7, 11) is 0. The molecule has 0 aliphatic heterocycles. The van der Waals surface area contributed by atoms with E-state index < -0.39 is 0 Å². The van der Waals surface area contributed by atoms with E-state index in [0.29, 0.717) is 16.7 Å². The molecule has 0 amide bonds. The average Bonchev–Trinajstić information content (AvgIpc) is 2.71. The van der Waals surface area contributed by atoms with Crippen molar-refractivity contribution in [3.63, 3.8) is 0 Å². The molecule has 88 valence electrons. The number of nitrogens with two attached hydrogens (primary N) is 1. The van der Waals surface area contributed by atoms with E-state index in [4.69, 9.17) is 21.8 Å². The van der Waals surface area contributed by atoms with Crippen LogP contribution in [0, 0.1) is 0 Å². The normalized spacial score (nSPS) is 17.6. The van der Waals surface area contributed by atoms with Crippen LogP contribution in [0.5, 0.6) is 0 Å². The lowest BCUT2D eigenvalue weighted by molar-refractivity contribution is 0.0972. The molecule has 16 heavy (non-hydrogen) atoms. The van der Waals surface area contributed by atoms with Gasteiger partial charge in [0.25, 0.3) is 0 Å². The fourth-order valence-corrected chi connectivity index (χ4v) is 2.56. The van der Waals surface area contributed by atoms with Crippen LogP contribution >= 0.6 is 11.6 Å². The van der Waals surface area contributed by atoms with Gasteiger partial charge in [0.05, 0.1) is 11.6 Å². The van der Waals surface area contributed by atoms with E-state index in [1.54, 1.807) is 6.07 Å². The van der Waals surface area contributed by atoms with Gasteiger partial charge < -0.3 is 10.2 Å². The van der Waals surface area contributed by atoms with Crippen LogP contribution in [0.4, 0.5) is 0 Å². The van der Waals surface area contributed by atoms with Gasteiger partial charge in [0, 0.05) is 12.0 Å². The Labute approximate surface area is 99.9 Å². The zero-order valence-corrected chi connectivity index (χ0v) is 9.93. The monoisotopic (exact) mass is 241 g/mol. The Morgan fingerprint density at radius 1 is 1.44 bits per heavy atom. The molecule has 1 aromatic heterocycles. The van der Waals surface area contributed by atoms with Gasteiger partial charge in [-0.2, -0.15) is 0 Å². The molecule has 0 spiro atoms. The van der Waals surface area contributed by atoms with Gasteiger partial charge in [-0.3, -0.25) is 4.79 Å². The van der Waals surface area contributed by atoms with Crippen molar-refractivity contribution in [2.75, 3.05) is 6.54 Å². The molecule has 1 aliphatic rings. The number of carbonyl (C=O) groups is 1. The lowest BCUT2D eigenvalue weighted by Crippen LogP contribution is -2.12. The molecule has 1 fully saturated rings. The maximum absolute atomic E-state index is 11.4. The van der Waals surface area contributed by atoms with Crippen molar-refractivity contribution >= 4 is 17.4 Å². The minimum Gasteiger partial charge on any atom is -0.456 e. The number of ketones is 1. The molecule has 1 aromatic rings. The number of carbonyl (C=O) groups excluding carboxylic acids is 1. The van der Waals surface area contributed by atoms with Crippen LogP contribution in [0.1, 0.15) is 54.3 Å². The Morgan fingerprint density at radius 2 is 2.12 bits per heavy atom. The predicted molar refractivity (Wildman–Crippen MR) is 62.9 cm³/mol. The van der Waals surface area contributed by atoms with Gasteiger partial charge in [-0.05, 0) is 12.8 Å². The number of rotatable bonds is 3. The van der Waals surface area contributed by atoms with Gasteiger partial charge in [-0.15, -0.1) is 0 Å². The molecule has 0 bridgehead atoms. The highest BCUT2D eigenvalue weighted by molar-refractivity contribution is 6.31. The van der Waals surface area contributed by atoms with E-state index >= 15 is 0 Å². The molecule has 0 radical (unpaired) electrons. The number of halogens is 1. The summed E-state index contributed by atoms with van der Waals surface area (Å²) in [5.41, 5.74) is 5.29. The number of Topliss-reactive ketones (excluding diaryl/α,β-unsaturated/α-hetero) is 1. The van der Waals surface area contributed by atoms with Crippen molar-refractivity contribution in [1.29, 1.82) is 0 Å². The van der Waals surface area contributed by atoms with Crippen molar-refractivity contribution in [3.8, 4) is 0 Å². The van der Waals surface area contributed by atoms with Crippen LogP contribution in [0.2, 0.25) is 5.02 Å². The summed E-state index contributed by atoms with van der Waals surface area (Å²) in [6.45, 7) is -0.0338. The Balaban J connectivity index is 2.20. The summed E-state index contributed by atoms with van der Waals surface area (Å²) in [6, 6.07) is 1.60. The zero-order chi connectivity index (χ0) is 11.5. The SMILES string of the molecule is NCC(=O)c1cc(Cl)c(C2CCCCC2)o1. The number of furan rings is 1. The van der Waals surface area contributed by atoms with Crippen LogP contribution < -0.4 is 5.73 Å². The van der Waals surface area contributed by atoms with Gasteiger partial charge in [-0.25, -0.2) is 0 Å². The summed E-state index contributed by atoms with van der Waals surface area (Å²) in [4.78, 5) is 11.4. The van der Waals surface area contributed by atoms with E-state index in [1.165, 1.54) is 19.3 Å². The van der Waals surface area contributed by atoms with Crippen LogP contribution in [-0.4, -0.2) is 12.3 Å². The van der Waals surface area contributed by atoms with Crippen LogP contribution in [0.25, 0.3) is 0 Å². The molecule has 0 saturated heterocycles. The summed E-state index contributed by atoms with van der Waals surface area (Å²) >= 11 is 6.09. The Morgan fingerprint density at radius 3 is 2.75 bits per heavy atom. The lowest BCUT2D eigenvalue weighted by atomic mass is 9.87. The Bertz CT molecular complexity index is 380. The Hall–Kier alpha value is -0.800. The Kier molecular flexibility index (Phi) is 3.66. The van der Waals surface area contributed by atoms with Crippen LogP contribution in [0.3, 0.4) is 0 Å². The number of hydrogen-bond acceptors (Lipinski definition) is 3. The smallest absolute Gasteiger partial charge is 0.211 e. The molecule has 1 heterocycles. The van der Waals surface area contributed by atoms with E-state index in [2.05, 4.69) is 0 Å². The predicted octanol–water partition coefficient (Wildman–Crippen LogP) is 3.12. The van der Waals surface area contributed by atoms with E-state index in [0.717, 1.165) is 18.6 Å². The molecule has 1 aliphatic carbocycles. The minimum absolute atomic E-state index is 0.0338. The summed E-state index contributed by atoms with van der Waals surface area (Å²) in [6.07, 6.45) is 5.90. The second-order valence-corrected chi connectivity index (χ2v) is 4.69. The molecule has 0 unspecified atom stereocenters. The first-order valence-electron chi connectivity index (χ1n) is 5.75. The molecule has 4 heteroatoms. The average molecular weight is 242 g/mol. The highest BCUT2D eigenvalue weighted by Gasteiger charge is 2.23. The van der Waals surface area contributed by atoms with Crippen LogP contribution in [-0.2, 0) is 0 Å². The standard InChI is InChI=1S/C12H16ClNO2/c13-9-6-11(10(15)7-14)16-12(9)8-4-2-1-3-5-8/h6,8H,1-5,7,14H2. The van der Waals surface area contributed by atoms with Gasteiger partial charge >= 0.3 is 0 Å². The van der Waals surface area contributed by atoms with Crippen molar-refractivity contribution in [2.24, 2.45) is 5.73 Å².